The van der Waals surface area contributed by atoms with Crippen molar-refractivity contribution in [2.45, 2.75) is 71.4 Å². The van der Waals surface area contributed by atoms with Gasteiger partial charge >= 0.3 is 0 Å². The molecule has 1 atom stereocenters. The van der Waals surface area contributed by atoms with Crippen molar-refractivity contribution in [3.05, 3.63) is 48.2 Å². The van der Waals surface area contributed by atoms with Crippen LogP contribution in [-0.4, -0.2) is 59.3 Å². The van der Waals surface area contributed by atoms with Gasteiger partial charge in [0.1, 0.15) is 11.6 Å². The number of nitrogens with one attached hydrogen (secondary N) is 2. The lowest BCUT2D eigenvalue weighted by Crippen LogP contribution is -2.41. The first-order valence-corrected chi connectivity index (χ1v) is 16.6. The van der Waals surface area contributed by atoms with Crippen molar-refractivity contribution in [2.75, 3.05) is 29.9 Å². The number of carbonyl (C=O) groups excluding carboxylic acids is 1. The van der Waals surface area contributed by atoms with E-state index in [1.807, 2.05) is 0 Å². The third kappa shape index (κ3) is 6.79. The molecule has 0 saturated carbocycles. The molecule has 0 aromatic carbocycles. The fraction of sp³-hybridized carbons (Fsp3) is 0.548. The van der Waals surface area contributed by atoms with Gasteiger partial charge in [-0.3, -0.25) is 4.79 Å². The first-order chi connectivity index (χ1) is 20.3. The van der Waals surface area contributed by atoms with Crippen LogP contribution in [0.2, 0.25) is 0 Å². The van der Waals surface area contributed by atoms with E-state index in [0.29, 0.717) is 66.7 Å². The van der Waals surface area contributed by atoms with Crippen molar-refractivity contribution in [1.29, 1.82) is 0 Å². The minimum Gasteiger partial charge on any atom is -0.476 e. The Morgan fingerprint density at radius 1 is 1.07 bits per heavy atom. The molecule has 0 radical (unpaired) electrons. The summed E-state index contributed by atoms with van der Waals surface area (Å²) >= 11 is 0. The predicted octanol–water partition coefficient (Wildman–Crippen LogP) is 4.90. The smallest absolute Gasteiger partial charge is 0.281 e. The van der Waals surface area contributed by atoms with Gasteiger partial charge in [-0.2, -0.15) is 8.42 Å². The van der Waals surface area contributed by atoms with Crippen LogP contribution >= 0.6 is 0 Å². The van der Waals surface area contributed by atoms with E-state index in [9.17, 15) is 13.2 Å². The maximum absolute atomic E-state index is 13.6. The highest BCUT2D eigenvalue weighted by molar-refractivity contribution is 7.90. The molecule has 3 aromatic heterocycles. The number of fused-ring (bicyclic) bond motifs is 6. The van der Waals surface area contributed by atoms with Crippen LogP contribution in [0, 0.1) is 23.7 Å². The summed E-state index contributed by atoms with van der Waals surface area (Å²) in [7, 11) is -4.23. The third-order valence-corrected chi connectivity index (χ3v) is 9.81. The molecule has 5 rings (SSSR count). The van der Waals surface area contributed by atoms with Crippen molar-refractivity contribution in [3.63, 3.8) is 0 Å². The summed E-state index contributed by atoms with van der Waals surface area (Å²) in [5, 5.41) is 7.60. The Labute approximate surface area is 254 Å². The molecule has 4 bridgehead atoms. The first-order valence-electron chi connectivity index (χ1n) is 15.1. The average Bonchev–Trinajstić information content (AvgIpc) is 3.53. The number of pyridine rings is 2. The number of aromatic nitrogens is 4. The Morgan fingerprint density at radius 3 is 2.58 bits per heavy atom. The lowest BCUT2D eigenvalue weighted by atomic mass is 9.86. The highest BCUT2D eigenvalue weighted by Gasteiger charge is 2.41. The predicted molar refractivity (Wildman–Crippen MR) is 166 cm³/mol. The summed E-state index contributed by atoms with van der Waals surface area (Å²) in [6.07, 6.45) is 4.57. The van der Waals surface area contributed by atoms with Crippen molar-refractivity contribution in [2.24, 2.45) is 23.7 Å². The SMILES string of the molecule is CC(C)C(COc1ccn(-c2ccc3c(n2)N2CC(CCCNc4cccc(n4)S(=O)(=O)NC3=O)CC2(C)C)n1)C(C)C. The highest BCUT2D eigenvalue weighted by atomic mass is 32.2. The van der Waals surface area contributed by atoms with Crippen LogP contribution in [0.15, 0.2) is 47.6 Å². The molecule has 12 heteroatoms. The van der Waals surface area contributed by atoms with Gasteiger partial charge < -0.3 is 15.0 Å². The molecular formula is C31H43N7O4S. The number of carbonyl (C=O) groups is 1. The highest BCUT2D eigenvalue weighted by Crippen LogP contribution is 2.39. The van der Waals surface area contributed by atoms with E-state index in [1.165, 1.54) is 6.07 Å². The summed E-state index contributed by atoms with van der Waals surface area (Å²) in [6.45, 7) is 15.0. The molecule has 11 nitrogen and oxygen atoms in total. The Hall–Kier alpha value is -3.67. The average molecular weight is 610 g/mol. The zero-order valence-corrected chi connectivity index (χ0v) is 26.7. The number of rotatable bonds is 6. The molecule has 43 heavy (non-hydrogen) atoms. The summed E-state index contributed by atoms with van der Waals surface area (Å²) in [4.78, 5) is 24.9. The summed E-state index contributed by atoms with van der Waals surface area (Å²) in [6, 6.07) is 9.79. The van der Waals surface area contributed by atoms with Crippen molar-refractivity contribution in [1.82, 2.24) is 24.5 Å². The van der Waals surface area contributed by atoms with Crippen molar-refractivity contribution >= 4 is 27.6 Å². The molecule has 1 amide bonds. The van der Waals surface area contributed by atoms with E-state index in [-0.39, 0.29) is 16.1 Å². The summed E-state index contributed by atoms with van der Waals surface area (Å²) in [5.41, 5.74) is -0.132. The number of anilines is 2. The van der Waals surface area contributed by atoms with E-state index in [0.717, 1.165) is 19.3 Å². The molecule has 2 aliphatic rings. The van der Waals surface area contributed by atoms with Crippen LogP contribution in [0.3, 0.4) is 0 Å². The Morgan fingerprint density at radius 2 is 1.84 bits per heavy atom. The van der Waals surface area contributed by atoms with Crippen LogP contribution in [0.5, 0.6) is 5.88 Å². The van der Waals surface area contributed by atoms with Gasteiger partial charge in [0.2, 0.25) is 5.88 Å². The Bertz CT molecular complexity index is 1560. The molecule has 1 unspecified atom stereocenters. The second-order valence-electron chi connectivity index (χ2n) is 13.0. The number of sulfonamides is 1. The standard InChI is InChI=1S/C31H43N7O4S/c1-20(2)24(21(3)4)19-42-27-14-16-38(35-27)26-13-12-23-29(34-26)37-18-22(17-31(37,5)6)9-8-15-32-25-10-7-11-28(33-25)43(40,41)36-30(23)39/h7,10-14,16,20-22,24H,8-9,15,17-19H2,1-6H3,(H,32,33)(H,36,39). The Balaban J connectivity index is 1.50. The summed E-state index contributed by atoms with van der Waals surface area (Å²) < 4.78 is 36.3. The Kier molecular flexibility index (Phi) is 8.69. The van der Waals surface area contributed by atoms with Gasteiger partial charge in [0.25, 0.3) is 15.9 Å². The summed E-state index contributed by atoms with van der Waals surface area (Å²) in [5.74, 6) is 2.86. The number of amides is 1. The van der Waals surface area contributed by atoms with E-state index < -0.39 is 15.9 Å². The van der Waals surface area contributed by atoms with Crippen LogP contribution in [-0.2, 0) is 10.0 Å². The largest absolute Gasteiger partial charge is 0.476 e. The molecule has 1 fully saturated rings. The van der Waals surface area contributed by atoms with E-state index in [2.05, 4.69) is 66.6 Å². The maximum atomic E-state index is 13.6. The second-order valence-corrected chi connectivity index (χ2v) is 14.6. The van der Waals surface area contributed by atoms with Crippen LogP contribution < -0.4 is 19.7 Å². The number of hydrogen-bond donors (Lipinski definition) is 2. The van der Waals surface area contributed by atoms with E-state index in [4.69, 9.17) is 9.72 Å². The van der Waals surface area contributed by atoms with Crippen molar-refractivity contribution < 1.29 is 17.9 Å². The van der Waals surface area contributed by atoms with Gasteiger partial charge in [0, 0.05) is 30.9 Å². The molecule has 5 heterocycles. The van der Waals surface area contributed by atoms with Gasteiger partial charge in [0.15, 0.2) is 10.8 Å². The topological polar surface area (TPSA) is 131 Å². The zero-order valence-electron chi connectivity index (χ0n) is 25.9. The van der Waals surface area contributed by atoms with Crippen LogP contribution in [0.25, 0.3) is 5.82 Å². The van der Waals surface area contributed by atoms with Gasteiger partial charge in [-0.05, 0) is 81.0 Å². The third-order valence-electron chi connectivity index (χ3n) is 8.58. The fourth-order valence-electron chi connectivity index (χ4n) is 6.25. The quantitative estimate of drug-likeness (QED) is 0.401. The molecule has 1 saturated heterocycles. The molecule has 232 valence electrons. The molecule has 2 N–H and O–H groups in total. The fourth-order valence-corrected chi connectivity index (χ4v) is 7.18. The van der Waals surface area contributed by atoms with Crippen molar-refractivity contribution in [3.8, 4) is 11.7 Å². The van der Waals surface area contributed by atoms with Gasteiger partial charge in [0.05, 0.1) is 12.2 Å². The monoisotopic (exact) mass is 609 g/mol. The van der Waals surface area contributed by atoms with Crippen LogP contribution in [0.4, 0.5) is 11.6 Å². The van der Waals surface area contributed by atoms with Gasteiger partial charge in [-0.1, -0.05) is 33.8 Å². The lowest BCUT2D eigenvalue weighted by Gasteiger charge is -2.34. The van der Waals surface area contributed by atoms with Gasteiger partial charge in [-0.15, -0.1) is 5.10 Å². The van der Waals surface area contributed by atoms with E-state index >= 15 is 0 Å². The zero-order chi connectivity index (χ0) is 30.9. The molecule has 0 aliphatic carbocycles. The molecule has 3 aromatic rings. The number of hydrogen-bond acceptors (Lipinski definition) is 9. The minimum absolute atomic E-state index is 0.172. The van der Waals surface area contributed by atoms with Gasteiger partial charge in [-0.25, -0.2) is 19.4 Å². The number of ether oxygens (including phenoxy) is 1. The molecule has 2 aliphatic heterocycles. The minimum atomic E-state index is -4.23. The molecular weight excluding hydrogens is 566 g/mol. The van der Waals surface area contributed by atoms with Crippen LogP contribution in [0.1, 0.15) is 71.2 Å². The normalized spacial score (nSPS) is 19.9. The second kappa shape index (κ2) is 12.1. The first kappa shape index (κ1) is 30.8. The maximum Gasteiger partial charge on any atom is 0.281 e. The lowest BCUT2D eigenvalue weighted by molar-refractivity contribution is 0.0981. The van der Waals surface area contributed by atoms with E-state index in [1.54, 1.807) is 41.2 Å². The molecule has 0 spiro atoms. The number of nitrogens with zero attached hydrogens (tertiary/aromatic N) is 5.